The lowest BCUT2D eigenvalue weighted by atomic mass is 9.81. The summed E-state index contributed by atoms with van der Waals surface area (Å²) in [5.74, 6) is -0.00550. The molecule has 6 heteroatoms. The molecule has 2 rings (SSSR count). The molecular weight excluding hydrogens is 371 g/mol. The van der Waals surface area contributed by atoms with Gasteiger partial charge in [-0.1, -0.05) is 20.8 Å². The molecule has 1 saturated heterocycles. The van der Waals surface area contributed by atoms with Crippen LogP contribution in [0.1, 0.15) is 70.2 Å². The Morgan fingerprint density at radius 1 is 1.41 bits per heavy atom. The molecule has 1 aromatic rings. The van der Waals surface area contributed by atoms with Crippen molar-refractivity contribution in [3.05, 3.63) is 29.6 Å². The van der Waals surface area contributed by atoms with Gasteiger partial charge < -0.3 is 20.5 Å². The number of aliphatic hydroxyl groups excluding tert-OH is 1. The molecule has 1 aliphatic heterocycles. The van der Waals surface area contributed by atoms with Crippen LogP contribution in [-0.4, -0.2) is 42.9 Å². The van der Waals surface area contributed by atoms with E-state index in [1.807, 2.05) is 0 Å². The quantitative estimate of drug-likeness (QED) is 0.542. The van der Waals surface area contributed by atoms with Crippen LogP contribution in [0.4, 0.5) is 4.39 Å². The van der Waals surface area contributed by atoms with Crippen LogP contribution < -0.4 is 15.4 Å². The van der Waals surface area contributed by atoms with Crippen LogP contribution >= 0.6 is 0 Å². The van der Waals surface area contributed by atoms with Gasteiger partial charge in [0.25, 0.3) is 5.91 Å². The van der Waals surface area contributed by atoms with Gasteiger partial charge in [0.2, 0.25) is 0 Å². The molecule has 0 spiro atoms. The van der Waals surface area contributed by atoms with E-state index in [1.165, 1.54) is 31.4 Å². The predicted molar refractivity (Wildman–Crippen MR) is 114 cm³/mol. The van der Waals surface area contributed by atoms with Crippen LogP contribution in [0.2, 0.25) is 0 Å². The molecule has 164 valence electrons. The van der Waals surface area contributed by atoms with E-state index in [-0.39, 0.29) is 12.1 Å². The van der Waals surface area contributed by atoms with Gasteiger partial charge in [-0.15, -0.1) is 0 Å². The first-order chi connectivity index (χ1) is 13.6. The third-order valence-electron chi connectivity index (χ3n) is 5.23. The second-order valence-electron chi connectivity index (χ2n) is 9.50. The molecule has 0 radical (unpaired) electrons. The van der Waals surface area contributed by atoms with Crippen LogP contribution in [0, 0.1) is 17.2 Å². The van der Waals surface area contributed by atoms with Gasteiger partial charge in [0, 0.05) is 18.7 Å². The molecule has 1 heterocycles. The maximum absolute atomic E-state index is 14.2. The molecule has 0 aliphatic carbocycles. The molecule has 3 unspecified atom stereocenters. The van der Waals surface area contributed by atoms with Crippen molar-refractivity contribution < 1.29 is 19.0 Å². The number of hydrogen-bond acceptors (Lipinski definition) is 4. The van der Waals surface area contributed by atoms with Gasteiger partial charge in [-0.3, -0.25) is 4.79 Å². The molecule has 1 fully saturated rings. The Morgan fingerprint density at radius 3 is 2.83 bits per heavy atom. The van der Waals surface area contributed by atoms with E-state index in [1.54, 1.807) is 13.0 Å². The molecule has 5 nitrogen and oxygen atoms in total. The van der Waals surface area contributed by atoms with Crippen LogP contribution in [0.5, 0.6) is 5.75 Å². The van der Waals surface area contributed by atoms with Gasteiger partial charge in [0.15, 0.2) is 0 Å². The van der Waals surface area contributed by atoms with E-state index in [4.69, 9.17) is 4.74 Å². The molecule has 1 amide bonds. The van der Waals surface area contributed by atoms with Gasteiger partial charge >= 0.3 is 0 Å². The summed E-state index contributed by atoms with van der Waals surface area (Å²) >= 11 is 0. The molecule has 3 N–H and O–H groups in total. The van der Waals surface area contributed by atoms with E-state index in [0.29, 0.717) is 29.7 Å². The van der Waals surface area contributed by atoms with Gasteiger partial charge in [-0.05, 0) is 69.0 Å². The minimum Gasteiger partial charge on any atom is -0.493 e. The Kier molecular flexibility index (Phi) is 8.90. The zero-order valence-corrected chi connectivity index (χ0v) is 18.3. The number of ether oxygens (including phenoxy) is 1. The third kappa shape index (κ3) is 8.70. The summed E-state index contributed by atoms with van der Waals surface area (Å²) in [4.78, 5) is 11.9. The normalized spacial score (nSPS) is 20.9. The number of amides is 1. The standard InChI is InChI=1S/C23H37FN2O3/c1-16(27)15-26-22(28)20-8-7-19(13-21(20)24)29-11-5-6-17-9-10-25-18(12-17)14-23(2,3)4/h7-8,13,16-18,25,27H,5-6,9-12,14-15H2,1-4H3,(H,26,28). The number of benzene rings is 1. The van der Waals surface area contributed by atoms with E-state index in [9.17, 15) is 14.3 Å². The monoisotopic (exact) mass is 408 g/mol. The average molecular weight is 409 g/mol. The van der Waals surface area contributed by atoms with Gasteiger partial charge in [0.1, 0.15) is 11.6 Å². The van der Waals surface area contributed by atoms with E-state index < -0.39 is 17.8 Å². The second-order valence-corrected chi connectivity index (χ2v) is 9.50. The summed E-state index contributed by atoms with van der Waals surface area (Å²) in [5, 5.41) is 15.3. The number of carbonyl (C=O) groups is 1. The smallest absolute Gasteiger partial charge is 0.254 e. The molecule has 1 aliphatic rings. The summed E-state index contributed by atoms with van der Waals surface area (Å²) in [6.45, 7) is 10.1. The van der Waals surface area contributed by atoms with Gasteiger partial charge in [0.05, 0.1) is 18.3 Å². The molecule has 29 heavy (non-hydrogen) atoms. The van der Waals surface area contributed by atoms with Crippen molar-refractivity contribution in [1.82, 2.24) is 10.6 Å². The summed E-state index contributed by atoms with van der Waals surface area (Å²) < 4.78 is 19.9. The molecule has 3 atom stereocenters. The maximum atomic E-state index is 14.2. The fourth-order valence-corrected chi connectivity index (χ4v) is 3.92. The topological polar surface area (TPSA) is 70.6 Å². The van der Waals surface area contributed by atoms with E-state index >= 15 is 0 Å². The highest BCUT2D eigenvalue weighted by atomic mass is 19.1. The Labute approximate surface area is 174 Å². The Bertz CT molecular complexity index is 658. The Hall–Kier alpha value is -1.66. The molecular formula is C23H37FN2O3. The predicted octanol–water partition coefficient (Wildman–Crippen LogP) is 3.90. The van der Waals surface area contributed by atoms with Crippen molar-refractivity contribution in [3.63, 3.8) is 0 Å². The van der Waals surface area contributed by atoms with Crippen LogP contribution in [0.3, 0.4) is 0 Å². The van der Waals surface area contributed by atoms with E-state index in [2.05, 4.69) is 31.4 Å². The highest BCUT2D eigenvalue weighted by Crippen LogP contribution is 2.29. The van der Waals surface area contributed by atoms with Crippen LogP contribution in [0.25, 0.3) is 0 Å². The number of aliphatic hydroxyl groups is 1. The number of carbonyl (C=O) groups excluding carboxylic acids is 1. The fourth-order valence-electron chi connectivity index (χ4n) is 3.92. The van der Waals surface area contributed by atoms with Crippen LogP contribution in [0.15, 0.2) is 18.2 Å². The van der Waals surface area contributed by atoms with Crippen molar-refractivity contribution in [2.75, 3.05) is 19.7 Å². The summed E-state index contributed by atoms with van der Waals surface area (Å²) in [6.07, 6.45) is 4.98. The van der Waals surface area contributed by atoms with Crippen molar-refractivity contribution >= 4 is 5.91 Å². The zero-order valence-electron chi connectivity index (χ0n) is 18.3. The SMILES string of the molecule is CC(O)CNC(=O)c1ccc(OCCCC2CCNC(CC(C)(C)C)C2)cc1F. The largest absolute Gasteiger partial charge is 0.493 e. The van der Waals surface area contributed by atoms with E-state index in [0.717, 1.165) is 19.4 Å². The lowest BCUT2D eigenvalue weighted by molar-refractivity contribution is 0.0920. The van der Waals surface area contributed by atoms with Crippen molar-refractivity contribution in [2.45, 2.75) is 71.9 Å². The summed E-state index contributed by atoms with van der Waals surface area (Å²) in [5.41, 5.74) is 0.296. The summed E-state index contributed by atoms with van der Waals surface area (Å²) in [6, 6.07) is 4.88. The number of rotatable bonds is 9. The summed E-state index contributed by atoms with van der Waals surface area (Å²) in [7, 11) is 0. The first-order valence-electron chi connectivity index (χ1n) is 10.8. The first-order valence-corrected chi connectivity index (χ1v) is 10.8. The molecule has 0 aromatic heterocycles. The van der Waals surface area contributed by atoms with Crippen LogP contribution in [-0.2, 0) is 0 Å². The number of nitrogens with one attached hydrogen (secondary N) is 2. The van der Waals surface area contributed by atoms with Gasteiger partial charge in [-0.25, -0.2) is 4.39 Å². The minimum atomic E-state index is -0.673. The first kappa shape index (κ1) is 23.6. The lowest BCUT2D eigenvalue weighted by Gasteiger charge is -2.34. The van der Waals surface area contributed by atoms with Crippen molar-refractivity contribution in [3.8, 4) is 5.75 Å². The second kappa shape index (κ2) is 10.9. The highest BCUT2D eigenvalue weighted by molar-refractivity contribution is 5.94. The molecule has 0 saturated carbocycles. The number of piperidine rings is 1. The fraction of sp³-hybridized carbons (Fsp3) is 0.696. The van der Waals surface area contributed by atoms with Crippen molar-refractivity contribution in [1.29, 1.82) is 0 Å². The maximum Gasteiger partial charge on any atom is 0.254 e. The number of halogens is 1. The lowest BCUT2D eigenvalue weighted by Crippen LogP contribution is -2.40. The molecule has 0 bridgehead atoms. The Balaban J connectivity index is 1.73. The molecule has 1 aromatic carbocycles. The number of hydrogen-bond donors (Lipinski definition) is 3. The minimum absolute atomic E-state index is 0.0439. The average Bonchev–Trinajstić information content (AvgIpc) is 2.62. The Morgan fingerprint density at radius 2 is 2.17 bits per heavy atom. The van der Waals surface area contributed by atoms with Gasteiger partial charge in [-0.2, -0.15) is 0 Å². The van der Waals surface area contributed by atoms with Crippen molar-refractivity contribution in [2.24, 2.45) is 11.3 Å². The zero-order chi connectivity index (χ0) is 21.4. The highest BCUT2D eigenvalue weighted by Gasteiger charge is 2.25. The third-order valence-corrected chi connectivity index (χ3v) is 5.23.